The Labute approximate surface area is 71.8 Å². The highest BCUT2D eigenvalue weighted by Gasteiger charge is 2.00. The number of hydrogen-bond acceptors (Lipinski definition) is 3. The monoisotopic (exact) mass is 170 g/mol. The molecular weight excluding hydrogens is 156 g/mol. The van der Waals surface area contributed by atoms with Crippen molar-refractivity contribution in [2.24, 2.45) is 0 Å². The van der Waals surface area contributed by atoms with Gasteiger partial charge in [-0.05, 0) is 0 Å². The van der Waals surface area contributed by atoms with E-state index in [2.05, 4.69) is 4.98 Å². The fourth-order valence-corrected chi connectivity index (χ4v) is 1.06. The van der Waals surface area contributed by atoms with Crippen LogP contribution in [0.25, 0.3) is 0 Å². The summed E-state index contributed by atoms with van der Waals surface area (Å²) in [6.07, 6.45) is 4.24. The van der Waals surface area contributed by atoms with Gasteiger partial charge in [0.15, 0.2) is 0 Å². The van der Waals surface area contributed by atoms with Crippen molar-refractivity contribution in [2.75, 3.05) is 20.3 Å². The van der Waals surface area contributed by atoms with Crippen molar-refractivity contribution in [3.8, 4) is 0 Å². The van der Waals surface area contributed by atoms with Gasteiger partial charge < -0.3 is 14.4 Å². The number of rotatable bonds is 5. The molecule has 0 aliphatic rings. The second kappa shape index (κ2) is 4.90. The van der Waals surface area contributed by atoms with E-state index in [-0.39, 0.29) is 6.61 Å². The highest BCUT2D eigenvalue weighted by Crippen LogP contribution is 1.97. The Morgan fingerprint density at radius 1 is 1.67 bits per heavy atom. The minimum absolute atomic E-state index is 0.143. The van der Waals surface area contributed by atoms with Crippen molar-refractivity contribution in [3.63, 3.8) is 0 Å². The third-order valence-corrected chi connectivity index (χ3v) is 1.67. The number of methoxy groups -OCH3 is 1. The number of aliphatic hydroxyl groups excluding tert-OH is 1. The summed E-state index contributed by atoms with van der Waals surface area (Å²) >= 11 is 0. The van der Waals surface area contributed by atoms with Crippen LogP contribution in [0.3, 0.4) is 0 Å². The molecule has 0 unspecified atom stereocenters. The maximum absolute atomic E-state index is 8.70. The Bertz CT molecular complexity index is 223. The molecule has 12 heavy (non-hydrogen) atoms. The van der Waals surface area contributed by atoms with Gasteiger partial charge in [-0.3, -0.25) is 0 Å². The lowest BCUT2D eigenvalue weighted by molar-refractivity contribution is 0.185. The van der Waals surface area contributed by atoms with Gasteiger partial charge in [0.05, 0.1) is 13.2 Å². The van der Waals surface area contributed by atoms with Gasteiger partial charge in [-0.2, -0.15) is 0 Å². The third kappa shape index (κ3) is 2.32. The Balaban J connectivity index is 2.51. The quantitative estimate of drug-likeness (QED) is 0.680. The molecule has 0 aliphatic carbocycles. The van der Waals surface area contributed by atoms with Gasteiger partial charge in [0.2, 0.25) is 0 Å². The molecule has 0 radical (unpaired) electrons. The van der Waals surface area contributed by atoms with E-state index in [1.807, 2.05) is 10.8 Å². The molecule has 4 heteroatoms. The summed E-state index contributed by atoms with van der Waals surface area (Å²) in [5, 5.41) is 8.70. The van der Waals surface area contributed by atoms with E-state index in [0.29, 0.717) is 13.0 Å². The van der Waals surface area contributed by atoms with Crippen LogP contribution in [0.5, 0.6) is 0 Å². The molecule has 0 spiro atoms. The lowest BCUT2D eigenvalue weighted by atomic mass is 10.4. The summed E-state index contributed by atoms with van der Waals surface area (Å²) < 4.78 is 6.92. The molecule has 1 rings (SSSR count). The minimum Gasteiger partial charge on any atom is -0.396 e. The molecule has 1 N–H and O–H groups in total. The normalized spacial score (nSPS) is 10.5. The predicted octanol–water partition coefficient (Wildman–Crippen LogP) is 0.0643. The second-order valence-corrected chi connectivity index (χ2v) is 2.50. The fraction of sp³-hybridized carbons (Fsp3) is 0.625. The van der Waals surface area contributed by atoms with Gasteiger partial charge in [-0.25, -0.2) is 4.98 Å². The lowest BCUT2D eigenvalue weighted by Gasteiger charge is -2.04. The maximum Gasteiger partial charge on any atom is 0.111 e. The summed E-state index contributed by atoms with van der Waals surface area (Å²) in [5.41, 5.74) is 0. The van der Waals surface area contributed by atoms with E-state index < -0.39 is 0 Å². The van der Waals surface area contributed by atoms with Gasteiger partial charge >= 0.3 is 0 Å². The number of hydrogen-bond donors (Lipinski definition) is 1. The molecule has 1 aromatic rings. The zero-order chi connectivity index (χ0) is 8.81. The van der Waals surface area contributed by atoms with Crippen LogP contribution in [0.15, 0.2) is 12.4 Å². The summed E-state index contributed by atoms with van der Waals surface area (Å²) in [4.78, 5) is 4.11. The first kappa shape index (κ1) is 9.22. The summed E-state index contributed by atoms with van der Waals surface area (Å²) in [5.74, 6) is 0.912. The van der Waals surface area contributed by atoms with Crippen LogP contribution in [-0.2, 0) is 17.7 Å². The average Bonchev–Trinajstić information content (AvgIpc) is 2.50. The van der Waals surface area contributed by atoms with Crippen LogP contribution >= 0.6 is 0 Å². The maximum atomic E-state index is 8.70. The first-order valence-electron chi connectivity index (χ1n) is 3.98. The fourth-order valence-electron chi connectivity index (χ4n) is 1.06. The van der Waals surface area contributed by atoms with Crippen molar-refractivity contribution in [1.82, 2.24) is 9.55 Å². The molecule has 0 atom stereocenters. The Hall–Kier alpha value is -0.870. The highest BCUT2D eigenvalue weighted by atomic mass is 16.5. The van der Waals surface area contributed by atoms with Gasteiger partial charge in [-0.15, -0.1) is 0 Å². The standard InChI is InChI=1S/C8H14N2O2/c1-12-7-5-10-4-3-9-8(10)2-6-11/h3-4,11H,2,5-7H2,1H3. The minimum atomic E-state index is 0.143. The Kier molecular flexibility index (Phi) is 3.76. The third-order valence-electron chi connectivity index (χ3n) is 1.67. The van der Waals surface area contributed by atoms with E-state index in [1.54, 1.807) is 13.3 Å². The summed E-state index contributed by atoms with van der Waals surface area (Å²) in [6, 6.07) is 0. The zero-order valence-corrected chi connectivity index (χ0v) is 7.23. The van der Waals surface area contributed by atoms with Crippen LogP contribution in [-0.4, -0.2) is 35.0 Å². The number of imidazole rings is 1. The predicted molar refractivity (Wildman–Crippen MR) is 44.9 cm³/mol. The molecule has 0 aliphatic heterocycles. The van der Waals surface area contributed by atoms with E-state index in [0.717, 1.165) is 12.4 Å². The molecule has 0 fully saturated rings. The van der Waals surface area contributed by atoms with Crippen molar-refractivity contribution in [1.29, 1.82) is 0 Å². The van der Waals surface area contributed by atoms with Crippen LogP contribution in [0.4, 0.5) is 0 Å². The van der Waals surface area contributed by atoms with Gasteiger partial charge in [-0.1, -0.05) is 0 Å². The van der Waals surface area contributed by atoms with Crippen LogP contribution in [0.2, 0.25) is 0 Å². The molecule has 0 amide bonds. The summed E-state index contributed by atoms with van der Waals surface area (Å²) in [6.45, 7) is 1.62. The van der Waals surface area contributed by atoms with Crippen LogP contribution in [0, 0.1) is 0 Å². The Morgan fingerprint density at radius 2 is 2.50 bits per heavy atom. The van der Waals surface area contributed by atoms with Gasteiger partial charge in [0, 0.05) is 32.5 Å². The van der Waals surface area contributed by atoms with Crippen molar-refractivity contribution < 1.29 is 9.84 Å². The van der Waals surface area contributed by atoms with Gasteiger partial charge in [0.25, 0.3) is 0 Å². The molecule has 0 saturated carbocycles. The average molecular weight is 170 g/mol. The van der Waals surface area contributed by atoms with E-state index in [1.165, 1.54) is 0 Å². The molecule has 4 nitrogen and oxygen atoms in total. The van der Waals surface area contributed by atoms with E-state index >= 15 is 0 Å². The molecule has 1 heterocycles. The van der Waals surface area contributed by atoms with Crippen LogP contribution in [0.1, 0.15) is 5.82 Å². The van der Waals surface area contributed by atoms with Gasteiger partial charge in [0.1, 0.15) is 5.82 Å². The molecule has 68 valence electrons. The molecule has 0 aromatic carbocycles. The largest absolute Gasteiger partial charge is 0.396 e. The Morgan fingerprint density at radius 3 is 3.17 bits per heavy atom. The van der Waals surface area contributed by atoms with Crippen LogP contribution < -0.4 is 0 Å². The number of aliphatic hydroxyl groups is 1. The van der Waals surface area contributed by atoms with Crippen molar-refractivity contribution in [3.05, 3.63) is 18.2 Å². The number of ether oxygens (including phenoxy) is 1. The summed E-state index contributed by atoms with van der Waals surface area (Å²) in [7, 11) is 1.67. The topological polar surface area (TPSA) is 47.3 Å². The molecular formula is C8H14N2O2. The number of aromatic nitrogens is 2. The lowest BCUT2D eigenvalue weighted by Crippen LogP contribution is -2.08. The second-order valence-electron chi connectivity index (χ2n) is 2.50. The molecule has 0 saturated heterocycles. The van der Waals surface area contributed by atoms with E-state index in [4.69, 9.17) is 9.84 Å². The van der Waals surface area contributed by atoms with Crippen molar-refractivity contribution >= 4 is 0 Å². The highest BCUT2D eigenvalue weighted by molar-refractivity contribution is 4.92. The van der Waals surface area contributed by atoms with Crippen molar-refractivity contribution in [2.45, 2.75) is 13.0 Å². The molecule has 0 bridgehead atoms. The first-order valence-corrected chi connectivity index (χ1v) is 3.98. The number of nitrogens with zero attached hydrogens (tertiary/aromatic N) is 2. The molecule has 1 aromatic heterocycles. The smallest absolute Gasteiger partial charge is 0.111 e. The first-order chi connectivity index (χ1) is 5.88. The van der Waals surface area contributed by atoms with E-state index in [9.17, 15) is 0 Å². The SMILES string of the molecule is COCCn1ccnc1CCO. The zero-order valence-electron chi connectivity index (χ0n) is 7.23.